The minimum atomic E-state index is -1.49. The molecule has 15 atom stereocenters. The lowest BCUT2D eigenvalue weighted by molar-refractivity contribution is -0.331. The Hall–Kier alpha value is -0.880. The van der Waals surface area contributed by atoms with Crippen molar-refractivity contribution in [1.29, 1.82) is 0 Å². The Morgan fingerprint density at radius 1 is 0.978 bits per heavy atom. The van der Waals surface area contributed by atoms with Gasteiger partial charge < -0.3 is 44.5 Å². The van der Waals surface area contributed by atoms with Gasteiger partial charge in [0.25, 0.3) is 0 Å². The van der Waals surface area contributed by atoms with E-state index in [1.54, 1.807) is 7.11 Å². The quantitative estimate of drug-likeness (QED) is 0.247. The first kappa shape index (κ1) is 35.0. The minimum absolute atomic E-state index is 0.0745. The molecule has 1 spiro atoms. The van der Waals surface area contributed by atoms with E-state index in [1.807, 2.05) is 19.9 Å². The summed E-state index contributed by atoms with van der Waals surface area (Å²) in [6.07, 6.45) is 8.60. The van der Waals surface area contributed by atoms with E-state index in [2.05, 4.69) is 52.8 Å². The molecule has 5 fully saturated rings. The van der Waals surface area contributed by atoms with Crippen molar-refractivity contribution in [1.82, 2.24) is 0 Å². The van der Waals surface area contributed by atoms with Crippen LogP contribution in [0, 0.1) is 45.3 Å². The summed E-state index contributed by atoms with van der Waals surface area (Å²) in [5.74, 6) is 1.62. The average Bonchev–Trinajstić information content (AvgIpc) is 3.36. The molecule has 0 unspecified atom stereocenters. The van der Waals surface area contributed by atoms with Crippen LogP contribution in [0.5, 0.6) is 0 Å². The van der Waals surface area contributed by atoms with Gasteiger partial charge in [-0.05, 0) is 87.4 Å². The van der Waals surface area contributed by atoms with Crippen LogP contribution < -0.4 is 0 Å². The summed E-state index contributed by atoms with van der Waals surface area (Å²) < 4.78 is 25.7. The van der Waals surface area contributed by atoms with Crippen molar-refractivity contribution in [3.63, 3.8) is 0 Å². The number of fused-ring (bicyclic) bond motifs is 2. The SMILES string of the molecule is CO[C@@H]1O[C@]23C=C[C@@H]4[C@@]1(CC[C@]1(C)[C@@H]([C@H](C)C/C=C/C(C)(C)O)CC[C@@]41C)[C@@H]2CC[C@H](O[C@@H]1O[C@H](CO)[C@@H](O)[C@@H](O)[C@H]1O)C3(C)C. The van der Waals surface area contributed by atoms with Crippen molar-refractivity contribution in [2.75, 3.05) is 13.7 Å². The summed E-state index contributed by atoms with van der Waals surface area (Å²) in [7, 11) is 1.78. The highest BCUT2D eigenvalue weighted by atomic mass is 16.7. The number of aliphatic hydroxyl groups is 5. The fourth-order valence-corrected chi connectivity index (χ4v) is 11.8. The molecule has 6 rings (SSSR count). The molecule has 2 aliphatic heterocycles. The molecule has 3 saturated carbocycles. The Balaban J connectivity index is 1.30. The largest absolute Gasteiger partial charge is 0.394 e. The van der Waals surface area contributed by atoms with Crippen LogP contribution in [0.3, 0.4) is 0 Å². The zero-order valence-corrected chi connectivity index (χ0v) is 29.2. The monoisotopic (exact) mass is 648 g/mol. The van der Waals surface area contributed by atoms with Crippen molar-refractivity contribution in [2.24, 2.45) is 45.3 Å². The normalized spacial score (nSPS) is 51.9. The van der Waals surface area contributed by atoms with E-state index in [0.29, 0.717) is 17.8 Å². The van der Waals surface area contributed by atoms with Crippen LogP contribution in [-0.4, -0.2) is 93.6 Å². The Labute approximate surface area is 275 Å². The second-order valence-electron chi connectivity index (χ2n) is 17.4. The van der Waals surface area contributed by atoms with Gasteiger partial charge in [0.1, 0.15) is 30.0 Å². The van der Waals surface area contributed by atoms with Gasteiger partial charge in [0.2, 0.25) is 0 Å². The van der Waals surface area contributed by atoms with Gasteiger partial charge in [0.15, 0.2) is 12.6 Å². The predicted octanol–water partition coefficient (Wildman–Crippen LogP) is 4.09. The fourth-order valence-electron chi connectivity index (χ4n) is 11.8. The zero-order chi connectivity index (χ0) is 33.7. The maximum absolute atomic E-state index is 10.8. The highest BCUT2D eigenvalue weighted by Gasteiger charge is 2.78. The van der Waals surface area contributed by atoms with Crippen molar-refractivity contribution >= 4 is 0 Å². The van der Waals surface area contributed by atoms with E-state index in [0.717, 1.165) is 38.5 Å². The second kappa shape index (κ2) is 11.6. The Bertz CT molecular complexity index is 1190. The molecule has 9 nitrogen and oxygen atoms in total. The van der Waals surface area contributed by atoms with Crippen molar-refractivity contribution in [3.05, 3.63) is 24.3 Å². The molecular weight excluding hydrogens is 588 g/mol. The maximum Gasteiger partial charge on any atom is 0.186 e. The number of hydrogen-bond acceptors (Lipinski definition) is 9. The zero-order valence-electron chi connectivity index (χ0n) is 29.2. The van der Waals surface area contributed by atoms with E-state index in [4.69, 9.17) is 18.9 Å². The summed E-state index contributed by atoms with van der Waals surface area (Å²) in [6.45, 7) is 14.9. The van der Waals surface area contributed by atoms with Crippen LogP contribution in [-0.2, 0) is 18.9 Å². The minimum Gasteiger partial charge on any atom is -0.394 e. The first-order chi connectivity index (χ1) is 21.4. The van der Waals surface area contributed by atoms with Gasteiger partial charge in [-0.3, -0.25) is 0 Å². The lowest BCUT2D eigenvalue weighted by Crippen LogP contribution is -2.66. The highest BCUT2D eigenvalue weighted by molar-refractivity contribution is 5.34. The topological polar surface area (TPSA) is 138 Å². The number of allylic oxidation sites excluding steroid dienone is 2. The third kappa shape index (κ3) is 4.73. The van der Waals surface area contributed by atoms with E-state index >= 15 is 0 Å². The van der Waals surface area contributed by atoms with Gasteiger partial charge in [0.05, 0.1) is 18.3 Å². The Morgan fingerprint density at radius 3 is 2.35 bits per heavy atom. The van der Waals surface area contributed by atoms with Gasteiger partial charge >= 0.3 is 0 Å². The summed E-state index contributed by atoms with van der Waals surface area (Å²) >= 11 is 0. The van der Waals surface area contributed by atoms with Gasteiger partial charge in [-0.1, -0.05) is 58.9 Å². The van der Waals surface area contributed by atoms with Crippen LogP contribution in [0.2, 0.25) is 0 Å². The summed E-state index contributed by atoms with van der Waals surface area (Å²) in [5, 5.41) is 51.5. The number of aliphatic hydroxyl groups excluding tert-OH is 4. The molecule has 0 aromatic heterocycles. The molecule has 262 valence electrons. The molecule has 0 amide bonds. The second-order valence-corrected chi connectivity index (χ2v) is 17.4. The lowest BCUT2D eigenvalue weighted by atomic mass is 9.38. The average molecular weight is 649 g/mol. The molecule has 9 heteroatoms. The van der Waals surface area contributed by atoms with Crippen LogP contribution >= 0.6 is 0 Å². The summed E-state index contributed by atoms with van der Waals surface area (Å²) in [4.78, 5) is 0. The Morgan fingerprint density at radius 2 is 1.70 bits per heavy atom. The first-order valence-corrected chi connectivity index (χ1v) is 17.7. The third-order valence-corrected chi connectivity index (χ3v) is 14.5. The first-order valence-electron chi connectivity index (χ1n) is 17.7. The number of hydrogen-bond donors (Lipinski definition) is 5. The van der Waals surface area contributed by atoms with Gasteiger partial charge in [-0.25, -0.2) is 0 Å². The fraction of sp³-hybridized carbons (Fsp3) is 0.892. The molecule has 5 N–H and O–H groups in total. The maximum atomic E-state index is 10.8. The number of methoxy groups -OCH3 is 1. The molecule has 0 radical (unpaired) electrons. The molecule has 0 aromatic rings. The molecule has 2 bridgehead atoms. The predicted molar refractivity (Wildman–Crippen MR) is 172 cm³/mol. The Kier molecular flexibility index (Phi) is 8.81. The smallest absolute Gasteiger partial charge is 0.186 e. The molecule has 2 heterocycles. The number of ether oxygens (including phenoxy) is 4. The summed E-state index contributed by atoms with van der Waals surface area (Å²) in [6, 6.07) is 0. The highest BCUT2D eigenvalue weighted by Crippen LogP contribution is 2.79. The summed E-state index contributed by atoms with van der Waals surface area (Å²) in [5.41, 5.74) is -1.94. The van der Waals surface area contributed by atoms with E-state index < -0.39 is 53.9 Å². The molecule has 4 aliphatic carbocycles. The van der Waals surface area contributed by atoms with E-state index in [9.17, 15) is 25.5 Å². The van der Waals surface area contributed by atoms with Crippen LogP contribution in [0.25, 0.3) is 0 Å². The number of rotatable bonds is 8. The van der Waals surface area contributed by atoms with Gasteiger partial charge in [0, 0.05) is 23.9 Å². The van der Waals surface area contributed by atoms with E-state index in [1.165, 1.54) is 6.42 Å². The molecule has 0 aromatic carbocycles. The standard InChI is InChI=1S/C37H60O9/c1-21(10-9-15-32(2,3)42)22-13-16-35(7)24-14-17-37-25(36(24,31(43-8)46-37)19-18-34(22,35)6)11-12-26(33(37,4)5)45-30-29(41)28(40)27(39)23(20-38)44-30/h9,14-15,17,21-31,38-42H,10-13,16,18-20H2,1-8H3/b15-9+/t21-,22-,23-,24+,25+,26+,27-,28-,29-,30+,31-,34-,35+,36+,37-/m1/s1. The van der Waals surface area contributed by atoms with Crippen molar-refractivity contribution < 1.29 is 44.5 Å². The molecule has 6 aliphatic rings. The van der Waals surface area contributed by atoms with E-state index in [-0.39, 0.29) is 34.6 Å². The lowest BCUT2D eigenvalue weighted by Gasteiger charge is -2.65. The molecule has 46 heavy (non-hydrogen) atoms. The van der Waals surface area contributed by atoms with Crippen molar-refractivity contribution in [2.45, 2.75) is 148 Å². The van der Waals surface area contributed by atoms with Gasteiger partial charge in [-0.2, -0.15) is 0 Å². The van der Waals surface area contributed by atoms with Gasteiger partial charge in [-0.15, -0.1) is 0 Å². The molecule has 2 saturated heterocycles. The van der Waals surface area contributed by atoms with Crippen LogP contribution in [0.1, 0.15) is 93.4 Å². The van der Waals surface area contributed by atoms with Crippen molar-refractivity contribution in [3.8, 4) is 0 Å². The van der Waals surface area contributed by atoms with Crippen LogP contribution in [0.4, 0.5) is 0 Å². The molecular formula is C37H60O9. The third-order valence-electron chi connectivity index (χ3n) is 14.5. The van der Waals surface area contributed by atoms with Crippen LogP contribution in [0.15, 0.2) is 24.3 Å².